The third-order valence-corrected chi connectivity index (χ3v) is 2.14. The van der Waals surface area contributed by atoms with Crippen molar-refractivity contribution in [3.8, 4) is 0 Å². The molecule has 0 bridgehead atoms. The molecule has 0 saturated carbocycles. The molecule has 0 aromatic carbocycles. The highest BCUT2D eigenvalue weighted by molar-refractivity contribution is 5.44. The number of hydrogen-bond donors (Lipinski definition) is 1. The quantitative estimate of drug-likeness (QED) is 0.797. The van der Waals surface area contributed by atoms with Crippen molar-refractivity contribution in [2.75, 3.05) is 18.0 Å². The second kappa shape index (κ2) is 8.71. The normalized spacial score (nSPS) is 8.94. The van der Waals surface area contributed by atoms with Gasteiger partial charge in [0.05, 0.1) is 11.9 Å². The number of hydrogen-bond acceptors (Lipinski definition) is 3. The molecular formula is C12H20N2O2. The van der Waals surface area contributed by atoms with Gasteiger partial charge in [0.2, 0.25) is 0 Å². The lowest BCUT2D eigenvalue weighted by Crippen LogP contribution is -2.23. The van der Waals surface area contributed by atoms with Gasteiger partial charge in [0.15, 0.2) is 0 Å². The zero-order valence-electron chi connectivity index (χ0n) is 10.2. The minimum Gasteiger partial charge on any atom is -0.483 e. The van der Waals surface area contributed by atoms with Crippen molar-refractivity contribution in [3.05, 3.63) is 24.0 Å². The summed E-state index contributed by atoms with van der Waals surface area (Å²) < 4.78 is 0. The van der Waals surface area contributed by atoms with E-state index in [4.69, 9.17) is 9.90 Å². The molecule has 1 N–H and O–H groups in total. The van der Waals surface area contributed by atoms with Crippen molar-refractivity contribution >= 4 is 12.2 Å². The molecule has 0 amide bonds. The van der Waals surface area contributed by atoms with Crippen LogP contribution in [0.25, 0.3) is 0 Å². The van der Waals surface area contributed by atoms with Crippen LogP contribution in [0.4, 0.5) is 5.69 Å². The lowest BCUT2D eigenvalue weighted by molar-refractivity contribution is -0.122. The molecule has 0 spiro atoms. The molecule has 0 aliphatic rings. The average Bonchev–Trinajstić information content (AvgIpc) is 2.28. The molecule has 0 unspecified atom stereocenters. The van der Waals surface area contributed by atoms with Crippen LogP contribution < -0.4 is 4.90 Å². The minimum atomic E-state index is -0.250. The third-order valence-electron chi connectivity index (χ3n) is 2.14. The molecule has 90 valence electrons. The fraction of sp³-hybridized carbons (Fsp3) is 0.500. The summed E-state index contributed by atoms with van der Waals surface area (Å²) >= 11 is 0. The summed E-state index contributed by atoms with van der Waals surface area (Å²) in [5, 5.41) is 6.89. The Bertz CT molecular complexity index is 286. The van der Waals surface area contributed by atoms with Gasteiger partial charge in [0.25, 0.3) is 6.47 Å². The van der Waals surface area contributed by atoms with Crippen LogP contribution in [0.2, 0.25) is 0 Å². The van der Waals surface area contributed by atoms with E-state index in [1.165, 1.54) is 12.1 Å². The van der Waals surface area contributed by atoms with Gasteiger partial charge < -0.3 is 10.0 Å². The van der Waals surface area contributed by atoms with Gasteiger partial charge in [-0.2, -0.15) is 0 Å². The maximum absolute atomic E-state index is 8.36. The summed E-state index contributed by atoms with van der Waals surface area (Å²) in [7, 11) is 0. The number of nitrogens with zero attached hydrogens (tertiary/aromatic N) is 2. The molecule has 0 aliphatic carbocycles. The molecule has 4 heteroatoms. The van der Waals surface area contributed by atoms with Gasteiger partial charge in [0.1, 0.15) is 0 Å². The molecule has 4 nitrogen and oxygen atoms in total. The van der Waals surface area contributed by atoms with Gasteiger partial charge >= 0.3 is 0 Å². The number of anilines is 1. The number of aryl methyl sites for hydroxylation is 1. The maximum atomic E-state index is 8.36. The Hall–Kier alpha value is -1.58. The van der Waals surface area contributed by atoms with E-state index in [0.717, 1.165) is 18.8 Å². The van der Waals surface area contributed by atoms with Crippen molar-refractivity contribution in [1.82, 2.24) is 4.98 Å². The minimum absolute atomic E-state index is 0.250. The first-order valence-electron chi connectivity index (χ1n) is 5.45. The standard InChI is InChI=1S/C11H18N2.CH2O2/c1-4-8-13(5-2)11-7-6-10(3)12-9-11;2-1-3/h6-7,9H,4-5,8H2,1-3H3;1H,(H,2,3). The summed E-state index contributed by atoms with van der Waals surface area (Å²) in [6, 6.07) is 4.20. The number of rotatable bonds is 4. The zero-order chi connectivity index (χ0) is 12.4. The molecule has 0 atom stereocenters. The maximum Gasteiger partial charge on any atom is 0.290 e. The number of pyridine rings is 1. The largest absolute Gasteiger partial charge is 0.483 e. The topological polar surface area (TPSA) is 53.4 Å². The van der Waals surface area contributed by atoms with Crippen LogP contribution in [-0.4, -0.2) is 29.7 Å². The van der Waals surface area contributed by atoms with Gasteiger partial charge in [-0.15, -0.1) is 0 Å². The first kappa shape index (κ1) is 14.4. The van der Waals surface area contributed by atoms with E-state index in [2.05, 4.69) is 35.9 Å². The van der Waals surface area contributed by atoms with Crippen LogP contribution in [0.5, 0.6) is 0 Å². The van der Waals surface area contributed by atoms with Gasteiger partial charge in [-0.05, 0) is 32.4 Å². The van der Waals surface area contributed by atoms with E-state index in [1.54, 1.807) is 0 Å². The molecule has 1 heterocycles. The summed E-state index contributed by atoms with van der Waals surface area (Å²) in [4.78, 5) is 15.0. The molecule has 0 saturated heterocycles. The number of carbonyl (C=O) groups is 1. The molecule has 0 aliphatic heterocycles. The molecular weight excluding hydrogens is 204 g/mol. The van der Waals surface area contributed by atoms with E-state index >= 15 is 0 Å². The summed E-state index contributed by atoms with van der Waals surface area (Å²) in [6.45, 7) is 8.31. The zero-order valence-corrected chi connectivity index (χ0v) is 10.2. The van der Waals surface area contributed by atoms with Crippen molar-refractivity contribution in [2.24, 2.45) is 0 Å². The van der Waals surface area contributed by atoms with E-state index < -0.39 is 0 Å². The fourth-order valence-electron chi connectivity index (χ4n) is 1.39. The first-order chi connectivity index (χ1) is 7.69. The fourth-order valence-corrected chi connectivity index (χ4v) is 1.39. The van der Waals surface area contributed by atoms with Crippen molar-refractivity contribution < 1.29 is 9.90 Å². The van der Waals surface area contributed by atoms with Crippen molar-refractivity contribution in [2.45, 2.75) is 27.2 Å². The lowest BCUT2D eigenvalue weighted by atomic mass is 10.3. The van der Waals surface area contributed by atoms with Crippen LogP contribution in [-0.2, 0) is 4.79 Å². The molecule has 0 radical (unpaired) electrons. The number of aromatic nitrogens is 1. The molecule has 1 aromatic heterocycles. The van der Waals surface area contributed by atoms with Gasteiger partial charge in [-0.1, -0.05) is 6.92 Å². The molecule has 0 fully saturated rings. The summed E-state index contributed by atoms with van der Waals surface area (Å²) in [5.74, 6) is 0. The summed E-state index contributed by atoms with van der Waals surface area (Å²) in [5.41, 5.74) is 2.31. The lowest BCUT2D eigenvalue weighted by Gasteiger charge is -2.21. The van der Waals surface area contributed by atoms with Gasteiger partial charge in [-0.25, -0.2) is 0 Å². The van der Waals surface area contributed by atoms with Crippen molar-refractivity contribution in [3.63, 3.8) is 0 Å². The Morgan fingerprint density at radius 2 is 2.06 bits per heavy atom. The SMILES string of the molecule is CCCN(CC)c1ccc(C)nc1.O=CO. The second-order valence-electron chi connectivity index (χ2n) is 3.34. The smallest absolute Gasteiger partial charge is 0.290 e. The molecule has 16 heavy (non-hydrogen) atoms. The van der Waals surface area contributed by atoms with E-state index in [1.807, 2.05) is 13.1 Å². The second-order valence-corrected chi connectivity index (χ2v) is 3.34. The highest BCUT2D eigenvalue weighted by Crippen LogP contribution is 2.12. The average molecular weight is 224 g/mol. The van der Waals surface area contributed by atoms with Crippen LogP contribution in [0.3, 0.4) is 0 Å². The van der Waals surface area contributed by atoms with E-state index in [0.29, 0.717) is 0 Å². The van der Waals surface area contributed by atoms with Gasteiger partial charge in [0, 0.05) is 18.8 Å². The van der Waals surface area contributed by atoms with E-state index in [-0.39, 0.29) is 6.47 Å². The van der Waals surface area contributed by atoms with Crippen LogP contribution in [0.1, 0.15) is 26.0 Å². The van der Waals surface area contributed by atoms with Crippen molar-refractivity contribution in [1.29, 1.82) is 0 Å². The summed E-state index contributed by atoms with van der Waals surface area (Å²) in [6.07, 6.45) is 3.14. The Labute approximate surface area is 96.9 Å². The highest BCUT2D eigenvalue weighted by atomic mass is 16.3. The van der Waals surface area contributed by atoms with E-state index in [9.17, 15) is 0 Å². The number of carboxylic acid groups (broad SMARTS) is 1. The third kappa shape index (κ3) is 5.34. The predicted octanol–water partition coefficient (Wildman–Crippen LogP) is 2.33. The van der Waals surface area contributed by atoms with Gasteiger partial charge in [-0.3, -0.25) is 9.78 Å². The monoisotopic (exact) mass is 224 g/mol. The Balaban J connectivity index is 0.000000673. The Morgan fingerprint density at radius 3 is 2.44 bits per heavy atom. The van der Waals surface area contributed by atoms with Crippen LogP contribution in [0, 0.1) is 6.92 Å². The molecule has 1 aromatic rings. The Morgan fingerprint density at radius 1 is 1.44 bits per heavy atom. The van der Waals surface area contributed by atoms with Crippen LogP contribution >= 0.6 is 0 Å². The van der Waals surface area contributed by atoms with Crippen LogP contribution in [0.15, 0.2) is 18.3 Å². The highest BCUT2D eigenvalue weighted by Gasteiger charge is 2.01. The first-order valence-corrected chi connectivity index (χ1v) is 5.45. The Kier molecular flexibility index (Phi) is 7.85. The molecule has 1 rings (SSSR count). The predicted molar refractivity (Wildman–Crippen MR) is 65.8 cm³/mol.